The first-order chi connectivity index (χ1) is 8.79. The zero-order valence-corrected chi connectivity index (χ0v) is 10.6. The second kappa shape index (κ2) is 6.73. The van der Waals surface area contributed by atoms with Crippen LogP contribution < -0.4 is 0 Å². The van der Waals surface area contributed by atoms with Gasteiger partial charge in [-0.05, 0) is 37.1 Å². The summed E-state index contributed by atoms with van der Waals surface area (Å²) < 4.78 is 5.75. The van der Waals surface area contributed by atoms with E-state index in [0.29, 0.717) is 0 Å². The van der Waals surface area contributed by atoms with Crippen LogP contribution >= 0.6 is 0 Å². The number of unbranched alkanes of at least 4 members (excludes halogenated alkanes) is 1. The number of rotatable bonds is 5. The van der Waals surface area contributed by atoms with Crippen LogP contribution in [0.2, 0.25) is 0 Å². The van der Waals surface area contributed by atoms with Gasteiger partial charge in [0.2, 0.25) is 0 Å². The van der Waals surface area contributed by atoms with Gasteiger partial charge < -0.3 is 14.9 Å². The van der Waals surface area contributed by atoms with Gasteiger partial charge in [-0.25, -0.2) is 0 Å². The summed E-state index contributed by atoms with van der Waals surface area (Å²) in [7, 11) is 0. The van der Waals surface area contributed by atoms with Gasteiger partial charge in [0.25, 0.3) is 0 Å². The Hall–Kier alpha value is -1.10. The maximum Gasteiger partial charge on any atom is 0.115 e. The maximum atomic E-state index is 9.49. The molecule has 1 atom stereocenters. The molecule has 1 aromatic rings. The van der Waals surface area contributed by atoms with Crippen molar-refractivity contribution >= 4 is 0 Å². The predicted octanol–water partition coefficient (Wildman–Crippen LogP) is 1.54. The molecule has 0 aromatic heterocycles. The van der Waals surface area contributed by atoms with Crippen LogP contribution in [0.25, 0.3) is 0 Å². The Morgan fingerprint density at radius 2 is 2.22 bits per heavy atom. The molecule has 0 saturated carbocycles. The fourth-order valence-corrected chi connectivity index (χ4v) is 2.28. The lowest BCUT2D eigenvalue weighted by Gasteiger charge is -2.33. The van der Waals surface area contributed by atoms with Crippen LogP contribution in [0.3, 0.4) is 0 Å². The molecule has 2 rings (SSSR count). The number of phenolic OH excluding ortho intramolecular Hbond substituents is 1. The zero-order valence-electron chi connectivity index (χ0n) is 10.6. The van der Waals surface area contributed by atoms with E-state index in [-0.39, 0.29) is 18.5 Å². The average Bonchev–Trinajstić information content (AvgIpc) is 2.39. The van der Waals surface area contributed by atoms with E-state index in [1.54, 1.807) is 12.1 Å². The van der Waals surface area contributed by atoms with Crippen molar-refractivity contribution in [3.8, 4) is 5.75 Å². The average molecular weight is 251 g/mol. The highest BCUT2D eigenvalue weighted by Crippen LogP contribution is 2.24. The number of aromatic hydroxyl groups is 1. The largest absolute Gasteiger partial charge is 0.508 e. The van der Waals surface area contributed by atoms with Crippen molar-refractivity contribution in [2.75, 3.05) is 32.8 Å². The third-order valence-corrected chi connectivity index (χ3v) is 3.28. The first kappa shape index (κ1) is 13.3. The lowest BCUT2D eigenvalue weighted by Crippen LogP contribution is -2.38. The number of morpholine rings is 1. The number of aliphatic hydroxyl groups is 1. The third-order valence-electron chi connectivity index (χ3n) is 3.28. The van der Waals surface area contributed by atoms with Crippen molar-refractivity contribution in [3.63, 3.8) is 0 Å². The molecule has 1 fully saturated rings. The summed E-state index contributed by atoms with van der Waals surface area (Å²) in [4.78, 5) is 2.36. The van der Waals surface area contributed by atoms with Crippen molar-refractivity contribution in [1.29, 1.82) is 0 Å². The highest BCUT2D eigenvalue weighted by molar-refractivity contribution is 5.29. The topological polar surface area (TPSA) is 52.9 Å². The van der Waals surface area contributed by atoms with Crippen LogP contribution in [0.15, 0.2) is 24.3 Å². The Bertz CT molecular complexity index is 370. The van der Waals surface area contributed by atoms with E-state index in [0.717, 1.165) is 44.6 Å². The summed E-state index contributed by atoms with van der Waals surface area (Å²) in [5.41, 5.74) is 1.03. The van der Waals surface area contributed by atoms with Crippen LogP contribution in [0, 0.1) is 0 Å². The smallest absolute Gasteiger partial charge is 0.115 e. The van der Waals surface area contributed by atoms with E-state index in [4.69, 9.17) is 9.84 Å². The van der Waals surface area contributed by atoms with E-state index < -0.39 is 0 Å². The highest BCUT2D eigenvalue weighted by Gasteiger charge is 2.21. The molecule has 0 radical (unpaired) electrons. The Kier molecular flexibility index (Phi) is 4.99. The van der Waals surface area contributed by atoms with Crippen LogP contribution in [-0.4, -0.2) is 48.0 Å². The number of ether oxygens (including phenoxy) is 1. The van der Waals surface area contributed by atoms with Crippen molar-refractivity contribution in [2.45, 2.75) is 18.9 Å². The minimum absolute atomic E-state index is 0.0416. The quantitative estimate of drug-likeness (QED) is 0.779. The molecule has 1 aliphatic rings. The second-order valence-electron chi connectivity index (χ2n) is 4.69. The fourth-order valence-electron chi connectivity index (χ4n) is 2.28. The van der Waals surface area contributed by atoms with Gasteiger partial charge in [0, 0.05) is 19.7 Å². The number of benzene rings is 1. The van der Waals surface area contributed by atoms with Gasteiger partial charge in [-0.2, -0.15) is 0 Å². The molecule has 1 aliphatic heterocycles. The van der Waals surface area contributed by atoms with Gasteiger partial charge in [-0.1, -0.05) is 12.1 Å². The summed E-state index contributed by atoms with van der Waals surface area (Å²) in [6.45, 7) is 3.79. The Labute approximate surface area is 108 Å². The molecule has 4 heteroatoms. The summed E-state index contributed by atoms with van der Waals surface area (Å²) >= 11 is 0. The molecule has 4 nitrogen and oxygen atoms in total. The second-order valence-corrected chi connectivity index (χ2v) is 4.69. The van der Waals surface area contributed by atoms with Crippen molar-refractivity contribution < 1.29 is 14.9 Å². The SMILES string of the molecule is OCCCCN1CCOC(c2cccc(O)c2)C1. The number of nitrogens with zero attached hydrogens (tertiary/aromatic N) is 1. The van der Waals surface area contributed by atoms with Crippen LogP contribution in [0.4, 0.5) is 0 Å². The predicted molar refractivity (Wildman–Crippen MR) is 69.6 cm³/mol. The molecular weight excluding hydrogens is 230 g/mol. The van der Waals surface area contributed by atoms with Crippen molar-refractivity contribution in [1.82, 2.24) is 4.90 Å². The molecule has 1 unspecified atom stereocenters. The molecule has 2 N–H and O–H groups in total. The Morgan fingerprint density at radius 1 is 1.33 bits per heavy atom. The van der Waals surface area contributed by atoms with E-state index in [1.807, 2.05) is 12.1 Å². The maximum absolute atomic E-state index is 9.49. The lowest BCUT2D eigenvalue weighted by atomic mass is 10.1. The van der Waals surface area contributed by atoms with Crippen molar-refractivity contribution in [2.24, 2.45) is 0 Å². The van der Waals surface area contributed by atoms with Gasteiger partial charge in [-0.15, -0.1) is 0 Å². The van der Waals surface area contributed by atoms with E-state index in [9.17, 15) is 5.11 Å². The van der Waals surface area contributed by atoms with Gasteiger partial charge >= 0.3 is 0 Å². The van der Waals surface area contributed by atoms with E-state index in [2.05, 4.69) is 4.90 Å². The molecule has 1 aromatic carbocycles. The Balaban J connectivity index is 1.90. The molecule has 0 aliphatic carbocycles. The summed E-state index contributed by atoms with van der Waals surface area (Å²) in [5, 5.41) is 18.3. The number of hydrogen-bond acceptors (Lipinski definition) is 4. The van der Waals surface area contributed by atoms with E-state index in [1.165, 1.54) is 0 Å². The molecule has 1 saturated heterocycles. The van der Waals surface area contributed by atoms with Crippen LogP contribution in [-0.2, 0) is 4.74 Å². The van der Waals surface area contributed by atoms with Crippen molar-refractivity contribution in [3.05, 3.63) is 29.8 Å². The molecule has 18 heavy (non-hydrogen) atoms. The first-order valence-corrected chi connectivity index (χ1v) is 6.53. The molecule has 1 heterocycles. The normalized spacial score (nSPS) is 21.1. The van der Waals surface area contributed by atoms with Gasteiger partial charge in [0.15, 0.2) is 0 Å². The molecule has 100 valence electrons. The Morgan fingerprint density at radius 3 is 3.00 bits per heavy atom. The zero-order chi connectivity index (χ0) is 12.8. The van der Waals surface area contributed by atoms with Gasteiger partial charge in [0.05, 0.1) is 12.7 Å². The lowest BCUT2D eigenvalue weighted by molar-refractivity contribution is -0.0306. The number of hydrogen-bond donors (Lipinski definition) is 2. The highest BCUT2D eigenvalue weighted by atomic mass is 16.5. The molecule has 0 bridgehead atoms. The standard InChI is InChI=1S/C14H21NO3/c16-8-2-1-6-15-7-9-18-14(11-15)12-4-3-5-13(17)10-12/h3-5,10,14,16-17H,1-2,6-9,11H2. The van der Waals surface area contributed by atoms with Gasteiger partial charge in [0.1, 0.15) is 5.75 Å². The summed E-state index contributed by atoms with van der Waals surface area (Å²) in [6.07, 6.45) is 1.91. The first-order valence-electron chi connectivity index (χ1n) is 6.53. The molecule has 0 amide bonds. The number of phenols is 1. The van der Waals surface area contributed by atoms with Crippen LogP contribution in [0.1, 0.15) is 24.5 Å². The molecule has 0 spiro atoms. The third kappa shape index (κ3) is 3.70. The number of aliphatic hydroxyl groups excluding tert-OH is 1. The monoisotopic (exact) mass is 251 g/mol. The minimum Gasteiger partial charge on any atom is -0.508 e. The van der Waals surface area contributed by atoms with Crippen LogP contribution in [0.5, 0.6) is 5.75 Å². The fraction of sp³-hybridized carbons (Fsp3) is 0.571. The summed E-state index contributed by atoms with van der Waals surface area (Å²) in [6, 6.07) is 7.27. The molecular formula is C14H21NO3. The van der Waals surface area contributed by atoms with Gasteiger partial charge in [-0.3, -0.25) is 4.90 Å². The summed E-state index contributed by atoms with van der Waals surface area (Å²) in [5.74, 6) is 0.286. The van der Waals surface area contributed by atoms with E-state index >= 15 is 0 Å². The minimum atomic E-state index is 0.0416.